The summed E-state index contributed by atoms with van der Waals surface area (Å²) in [5, 5.41) is 0. The van der Waals surface area contributed by atoms with Crippen LogP contribution in [0.5, 0.6) is 0 Å². The van der Waals surface area contributed by atoms with Gasteiger partial charge in [0.1, 0.15) is 0 Å². The summed E-state index contributed by atoms with van der Waals surface area (Å²) in [6.45, 7) is 11.2. The summed E-state index contributed by atoms with van der Waals surface area (Å²) in [7, 11) is -3.75. The Hall–Kier alpha value is -0.910. The predicted molar refractivity (Wildman–Crippen MR) is 107 cm³/mol. The first-order valence-electron chi connectivity index (χ1n) is 9.01. The molecule has 24 heavy (non-hydrogen) atoms. The van der Waals surface area contributed by atoms with Crippen molar-refractivity contribution < 1.29 is 13.0 Å². The Labute approximate surface area is 150 Å². The number of unbranched alkanes of at least 4 members (excludes halogenated alkanes) is 2. The number of benzene rings is 1. The van der Waals surface area contributed by atoms with Gasteiger partial charge in [0.15, 0.2) is 0 Å². The highest BCUT2D eigenvalue weighted by atomic mass is 32.2. The quantitative estimate of drug-likeness (QED) is 0.546. The molecule has 0 fully saturated rings. The van der Waals surface area contributed by atoms with Crippen LogP contribution in [-0.4, -0.2) is 25.3 Å². The van der Waals surface area contributed by atoms with Crippen LogP contribution in [0, 0.1) is 0 Å². The second-order valence-corrected chi connectivity index (χ2v) is 6.90. The van der Waals surface area contributed by atoms with Crippen LogP contribution in [0.1, 0.15) is 72.3 Å². The topological polar surface area (TPSA) is 80.4 Å². The third-order valence-corrected chi connectivity index (χ3v) is 3.41. The average Bonchev–Trinajstić information content (AvgIpc) is 2.56. The van der Waals surface area contributed by atoms with E-state index in [1.807, 2.05) is 6.07 Å². The molecule has 0 atom stereocenters. The summed E-state index contributed by atoms with van der Waals surface area (Å²) in [6, 6.07) is 10.5. The number of rotatable bonds is 6. The molecule has 0 amide bonds. The lowest BCUT2D eigenvalue weighted by Gasteiger charge is -1.93. The maximum atomic E-state index is 10.0. The highest BCUT2D eigenvalue weighted by Crippen LogP contribution is 1.96. The fourth-order valence-corrected chi connectivity index (χ4v) is 1.71. The van der Waals surface area contributed by atoms with Gasteiger partial charge in [-0.25, -0.2) is 0 Å². The van der Waals surface area contributed by atoms with Gasteiger partial charge in [0.2, 0.25) is 0 Å². The van der Waals surface area contributed by atoms with Gasteiger partial charge in [-0.2, -0.15) is 8.42 Å². The SMILES string of the molecule is CCC.CCCC.CCc1ccccc1.NCCCCS(=O)(=O)O. The van der Waals surface area contributed by atoms with Crippen molar-refractivity contribution in [2.75, 3.05) is 12.3 Å². The Morgan fingerprint density at radius 2 is 1.38 bits per heavy atom. The molecule has 0 aliphatic carbocycles. The smallest absolute Gasteiger partial charge is 0.264 e. The lowest BCUT2D eigenvalue weighted by molar-refractivity contribution is 0.480. The number of nitrogens with two attached hydrogens (primary N) is 1. The molecule has 0 saturated heterocycles. The molecule has 0 aromatic heterocycles. The molecule has 1 rings (SSSR count). The second-order valence-electron chi connectivity index (χ2n) is 5.33. The number of hydrogen-bond acceptors (Lipinski definition) is 3. The lowest BCUT2D eigenvalue weighted by Crippen LogP contribution is -2.06. The van der Waals surface area contributed by atoms with Gasteiger partial charge in [-0.15, -0.1) is 0 Å². The monoisotopic (exact) mass is 361 g/mol. The van der Waals surface area contributed by atoms with E-state index in [1.165, 1.54) is 24.8 Å². The summed E-state index contributed by atoms with van der Waals surface area (Å²) in [5.41, 5.74) is 6.49. The van der Waals surface area contributed by atoms with E-state index in [4.69, 9.17) is 10.3 Å². The molecular weight excluding hydrogens is 322 g/mol. The highest BCUT2D eigenvalue weighted by Gasteiger charge is 2.01. The van der Waals surface area contributed by atoms with Crippen molar-refractivity contribution in [3.8, 4) is 0 Å². The van der Waals surface area contributed by atoms with Gasteiger partial charge in [0.05, 0.1) is 5.75 Å². The van der Waals surface area contributed by atoms with Gasteiger partial charge < -0.3 is 5.73 Å². The molecule has 3 N–H and O–H groups in total. The fourth-order valence-electron chi connectivity index (χ4n) is 1.14. The Morgan fingerprint density at radius 1 is 0.917 bits per heavy atom. The third kappa shape index (κ3) is 32.9. The van der Waals surface area contributed by atoms with Crippen LogP contribution in [0.3, 0.4) is 0 Å². The Bertz CT molecular complexity index is 417. The number of hydrogen-bond donors (Lipinski definition) is 2. The van der Waals surface area contributed by atoms with Gasteiger partial charge in [-0.3, -0.25) is 4.55 Å². The summed E-state index contributed by atoms with van der Waals surface area (Å²) in [4.78, 5) is 0. The van der Waals surface area contributed by atoms with Crippen molar-refractivity contribution in [3.63, 3.8) is 0 Å². The molecule has 0 saturated carbocycles. The van der Waals surface area contributed by atoms with Crippen molar-refractivity contribution >= 4 is 10.1 Å². The third-order valence-electron chi connectivity index (χ3n) is 2.61. The first kappa shape index (κ1) is 27.9. The molecule has 144 valence electrons. The minimum absolute atomic E-state index is 0.176. The van der Waals surface area contributed by atoms with Gasteiger partial charge >= 0.3 is 0 Å². The molecule has 0 unspecified atom stereocenters. The van der Waals surface area contributed by atoms with E-state index in [-0.39, 0.29) is 5.75 Å². The molecule has 0 bridgehead atoms. The highest BCUT2D eigenvalue weighted by molar-refractivity contribution is 7.85. The molecule has 0 aliphatic rings. The molecular formula is C19H39NO3S. The van der Waals surface area contributed by atoms with E-state index in [1.54, 1.807) is 0 Å². The first-order chi connectivity index (χ1) is 11.3. The van der Waals surface area contributed by atoms with Crippen molar-refractivity contribution in [3.05, 3.63) is 35.9 Å². The molecule has 5 heteroatoms. The average molecular weight is 362 g/mol. The molecule has 1 aromatic rings. The molecule has 4 nitrogen and oxygen atoms in total. The van der Waals surface area contributed by atoms with Gasteiger partial charge in [0.25, 0.3) is 10.1 Å². The lowest BCUT2D eigenvalue weighted by atomic mass is 10.2. The van der Waals surface area contributed by atoms with Crippen LogP contribution in [0.4, 0.5) is 0 Å². The van der Waals surface area contributed by atoms with Gasteiger partial charge in [-0.05, 0) is 31.4 Å². The zero-order chi connectivity index (χ0) is 19.3. The minimum atomic E-state index is -3.75. The van der Waals surface area contributed by atoms with E-state index in [0.29, 0.717) is 19.4 Å². The normalized spacial score (nSPS) is 9.46. The maximum absolute atomic E-state index is 10.0. The van der Waals surface area contributed by atoms with Crippen LogP contribution in [0.2, 0.25) is 0 Å². The number of aryl methyl sites for hydroxylation is 1. The zero-order valence-electron chi connectivity index (χ0n) is 16.3. The van der Waals surface area contributed by atoms with Crippen LogP contribution in [-0.2, 0) is 16.5 Å². The van der Waals surface area contributed by atoms with Crippen molar-refractivity contribution in [1.29, 1.82) is 0 Å². The molecule has 0 radical (unpaired) electrons. The van der Waals surface area contributed by atoms with Crippen molar-refractivity contribution in [2.45, 2.75) is 73.1 Å². The van der Waals surface area contributed by atoms with E-state index in [0.717, 1.165) is 6.42 Å². The van der Waals surface area contributed by atoms with Crippen LogP contribution >= 0.6 is 0 Å². The Kier molecular flexibility index (Phi) is 25.7. The summed E-state index contributed by atoms with van der Waals surface area (Å²) in [5.74, 6) is -0.176. The summed E-state index contributed by atoms with van der Waals surface area (Å²) in [6.07, 6.45) is 6.11. The second kappa shape index (κ2) is 22.1. The van der Waals surface area contributed by atoms with Crippen LogP contribution < -0.4 is 5.73 Å². The molecule has 0 aliphatic heterocycles. The first-order valence-corrected chi connectivity index (χ1v) is 10.6. The van der Waals surface area contributed by atoms with Crippen molar-refractivity contribution in [1.82, 2.24) is 0 Å². The Balaban J connectivity index is -0.000000268. The largest absolute Gasteiger partial charge is 0.330 e. The standard InChI is InChI=1S/C8H10.C4H11NO3S.C4H10.C3H8/c1-2-8-6-4-3-5-7-8;5-3-1-2-4-9(6,7)8;1-3-4-2;1-3-2/h3-7H,2H2,1H3;1-5H2,(H,6,7,8);3-4H2,1-2H3;3H2,1-2H3. The van der Waals surface area contributed by atoms with E-state index in [9.17, 15) is 8.42 Å². The molecule has 0 heterocycles. The minimum Gasteiger partial charge on any atom is -0.330 e. The van der Waals surface area contributed by atoms with Crippen molar-refractivity contribution in [2.24, 2.45) is 5.73 Å². The van der Waals surface area contributed by atoms with Crippen LogP contribution in [0.25, 0.3) is 0 Å². The van der Waals surface area contributed by atoms with E-state index in [2.05, 4.69) is 58.9 Å². The molecule has 1 aromatic carbocycles. The van der Waals surface area contributed by atoms with Gasteiger partial charge in [-0.1, -0.05) is 84.2 Å². The van der Waals surface area contributed by atoms with E-state index >= 15 is 0 Å². The summed E-state index contributed by atoms with van der Waals surface area (Å²) >= 11 is 0. The van der Waals surface area contributed by atoms with E-state index < -0.39 is 10.1 Å². The fraction of sp³-hybridized carbons (Fsp3) is 0.684. The van der Waals surface area contributed by atoms with Crippen LogP contribution in [0.15, 0.2) is 30.3 Å². The zero-order valence-corrected chi connectivity index (χ0v) is 17.1. The predicted octanol–water partition coefficient (Wildman–Crippen LogP) is 5.08. The Morgan fingerprint density at radius 3 is 1.62 bits per heavy atom. The maximum Gasteiger partial charge on any atom is 0.264 e. The van der Waals surface area contributed by atoms with Gasteiger partial charge in [0, 0.05) is 0 Å². The summed E-state index contributed by atoms with van der Waals surface area (Å²) < 4.78 is 28.2. The molecule has 0 spiro atoms.